The Hall–Kier alpha value is -1.84. The van der Waals surface area contributed by atoms with Gasteiger partial charge in [0.15, 0.2) is 5.92 Å². The van der Waals surface area contributed by atoms with Crippen LogP contribution < -0.4 is 0 Å². The Kier molecular flexibility index (Phi) is 12.2. The van der Waals surface area contributed by atoms with Crippen molar-refractivity contribution in [1.82, 2.24) is 0 Å². The Morgan fingerprint density at radius 3 is 1.73 bits per heavy atom. The monoisotopic (exact) mass is 362 g/mol. The van der Waals surface area contributed by atoms with Crippen LogP contribution in [-0.4, -0.2) is 25.2 Å². The molecule has 0 aliphatic rings. The Bertz CT molecular complexity index is 472. The third-order valence-corrected chi connectivity index (χ3v) is 4.34. The van der Waals surface area contributed by atoms with Gasteiger partial charge < -0.3 is 9.47 Å². The highest BCUT2D eigenvalue weighted by Gasteiger charge is 2.30. The molecule has 0 bridgehead atoms. The van der Waals surface area contributed by atoms with Gasteiger partial charge in [-0.05, 0) is 24.8 Å². The quantitative estimate of drug-likeness (QED) is 0.263. The van der Waals surface area contributed by atoms with Crippen molar-refractivity contribution in [3.63, 3.8) is 0 Å². The molecule has 0 spiro atoms. The molecule has 4 nitrogen and oxygen atoms in total. The summed E-state index contributed by atoms with van der Waals surface area (Å²) in [5.74, 6) is -1.82. The van der Waals surface area contributed by atoms with Gasteiger partial charge in [-0.2, -0.15) is 0 Å². The van der Waals surface area contributed by atoms with E-state index in [2.05, 4.69) is 13.8 Å². The van der Waals surface area contributed by atoms with E-state index in [1.54, 1.807) is 0 Å². The summed E-state index contributed by atoms with van der Waals surface area (Å²) in [5, 5.41) is 0. The number of ether oxygens (including phenoxy) is 2. The second kappa shape index (κ2) is 14.3. The maximum absolute atomic E-state index is 12.4. The Labute approximate surface area is 158 Å². The highest BCUT2D eigenvalue weighted by Crippen LogP contribution is 2.14. The summed E-state index contributed by atoms with van der Waals surface area (Å²) in [6.07, 6.45) is 8.60. The van der Waals surface area contributed by atoms with Crippen molar-refractivity contribution in [3.8, 4) is 0 Å². The van der Waals surface area contributed by atoms with Crippen molar-refractivity contribution in [2.75, 3.05) is 13.2 Å². The molecule has 1 aromatic carbocycles. The second-order valence-electron chi connectivity index (χ2n) is 6.70. The van der Waals surface area contributed by atoms with Crippen LogP contribution in [0.2, 0.25) is 0 Å². The van der Waals surface area contributed by atoms with E-state index in [0.717, 1.165) is 56.9 Å². The first kappa shape index (κ1) is 22.2. The van der Waals surface area contributed by atoms with E-state index < -0.39 is 17.9 Å². The Balaban J connectivity index is 2.54. The number of hydrogen-bond acceptors (Lipinski definition) is 4. The topological polar surface area (TPSA) is 52.6 Å². The molecule has 0 radical (unpaired) electrons. The molecule has 0 unspecified atom stereocenters. The fourth-order valence-corrected chi connectivity index (χ4v) is 2.72. The molecule has 4 heteroatoms. The van der Waals surface area contributed by atoms with E-state index in [9.17, 15) is 9.59 Å². The minimum Gasteiger partial charge on any atom is -0.465 e. The molecule has 0 heterocycles. The van der Waals surface area contributed by atoms with E-state index >= 15 is 0 Å². The van der Waals surface area contributed by atoms with Crippen LogP contribution in [0.4, 0.5) is 0 Å². The zero-order valence-corrected chi connectivity index (χ0v) is 16.4. The summed E-state index contributed by atoms with van der Waals surface area (Å²) >= 11 is 0. The highest BCUT2D eigenvalue weighted by molar-refractivity contribution is 5.95. The van der Waals surface area contributed by atoms with Crippen molar-refractivity contribution >= 4 is 11.9 Å². The third kappa shape index (κ3) is 9.59. The molecule has 0 saturated carbocycles. The summed E-state index contributed by atoms with van der Waals surface area (Å²) in [4.78, 5) is 24.9. The fraction of sp³-hybridized carbons (Fsp3) is 0.636. The van der Waals surface area contributed by atoms with Crippen LogP contribution in [-0.2, 0) is 25.5 Å². The molecule has 0 amide bonds. The van der Waals surface area contributed by atoms with Crippen molar-refractivity contribution in [3.05, 3.63) is 35.9 Å². The normalized spacial score (nSPS) is 10.7. The third-order valence-electron chi connectivity index (χ3n) is 4.34. The summed E-state index contributed by atoms with van der Waals surface area (Å²) in [6, 6.07) is 9.54. The smallest absolute Gasteiger partial charge is 0.320 e. The molecule has 1 aromatic rings. The maximum Gasteiger partial charge on any atom is 0.320 e. The predicted molar refractivity (Wildman–Crippen MR) is 104 cm³/mol. The van der Waals surface area contributed by atoms with E-state index in [1.807, 2.05) is 30.3 Å². The van der Waals surface area contributed by atoms with Crippen LogP contribution in [0.5, 0.6) is 0 Å². The lowest BCUT2D eigenvalue weighted by atomic mass is 9.99. The summed E-state index contributed by atoms with van der Waals surface area (Å²) in [5.41, 5.74) is 0.934. The first-order chi connectivity index (χ1) is 12.7. The standard InChI is InChI=1S/C22H34O4/c1-3-5-7-12-16-25-21(23)20(18-19-14-10-9-11-15-19)22(24)26-17-13-8-6-4-2/h9-11,14-15,20H,3-8,12-13,16-18H2,1-2H3. The van der Waals surface area contributed by atoms with Crippen LogP contribution in [0.15, 0.2) is 30.3 Å². The molecule has 0 aliphatic heterocycles. The van der Waals surface area contributed by atoms with Crippen LogP contribution in [0, 0.1) is 5.92 Å². The van der Waals surface area contributed by atoms with Gasteiger partial charge >= 0.3 is 11.9 Å². The first-order valence-electron chi connectivity index (χ1n) is 10.1. The van der Waals surface area contributed by atoms with E-state index in [1.165, 1.54) is 0 Å². The molecule has 26 heavy (non-hydrogen) atoms. The van der Waals surface area contributed by atoms with Gasteiger partial charge in [0.25, 0.3) is 0 Å². The zero-order chi connectivity index (χ0) is 19.0. The number of carbonyl (C=O) groups is 2. The molecule has 0 atom stereocenters. The lowest BCUT2D eigenvalue weighted by Crippen LogP contribution is -2.30. The van der Waals surface area contributed by atoms with Crippen LogP contribution in [0.25, 0.3) is 0 Å². The van der Waals surface area contributed by atoms with Gasteiger partial charge in [0, 0.05) is 0 Å². The number of esters is 2. The average Bonchev–Trinajstić information content (AvgIpc) is 2.66. The summed E-state index contributed by atoms with van der Waals surface area (Å²) < 4.78 is 10.7. The van der Waals surface area contributed by atoms with E-state index in [0.29, 0.717) is 19.6 Å². The Morgan fingerprint density at radius 2 is 1.27 bits per heavy atom. The lowest BCUT2D eigenvalue weighted by molar-refractivity contribution is -0.162. The van der Waals surface area contributed by atoms with Gasteiger partial charge in [-0.25, -0.2) is 0 Å². The van der Waals surface area contributed by atoms with E-state index in [-0.39, 0.29) is 0 Å². The molecule has 146 valence electrons. The molecule has 1 rings (SSSR count). The number of unbranched alkanes of at least 4 members (excludes halogenated alkanes) is 6. The number of hydrogen-bond donors (Lipinski definition) is 0. The highest BCUT2D eigenvalue weighted by atomic mass is 16.6. The largest absolute Gasteiger partial charge is 0.465 e. The predicted octanol–water partition coefficient (Wildman–Crippen LogP) is 5.09. The van der Waals surface area contributed by atoms with Gasteiger partial charge in [0.1, 0.15) is 0 Å². The average molecular weight is 363 g/mol. The molecule has 0 fully saturated rings. The minimum absolute atomic E-state index is 0.322. The number of carbonyl (C=O) groups excluding carboxylic acids is 2. The van der Waals surface area contributed by atoms with Gasteiger partial charge in [-0.1, -0.05) is 82.7 Å². The molecular weight excluding hydrogens is 328 g/mol. The lowest BCUT2D eigenvalue weighted by Gasteiger charge is -2.15. The van der Waals surface area contributed by atoms with Gasteiger partial charge in [-0.15, -0.1) is 0 Å². The van der Waals surface area contributed by atoms with Crippen molar-refractivity contribution in [1.29, 1.82) is 0 Å². The number of benzene rings is 1. The molecule has 0 aliphatic carbocycles. The maximum atomic E-state index is 12.4. The molecular formula is C22H34O4. The molecule has 0 N–H and O–H groups in total. The van der Waals surface area contributed by atoms with Gasteiger partial charge in [0.05, 0.1) is 13.2 Å². The molecule has 0 saturated heterocycles. The van der Waals surface area contributed by atoms with Crippen molar-refractivity contribution < 1.29 is 19.1 Å². The van der Waals surface area contributed by atoms with Gasteiger partial charge in [-0.3, -0.25) is 9.59 Å². The summed E-state index contributed by atoms with van der Waals surface area (Å²) in [7, 11) is 0. The molecule has 0 aromatic heterocycles. The minimum atomic E-state index is -0.880. The van der Waals surface area contributed by atoms with Gasteiger partial charge in [0.2, 0.25) is 0 Å². The van der Waals surface area contributed by atoms with Crippen LogP contribution >= 0.6 is 0 Å². The van der Waals surface area contributed by atoms with Crippen molar-refractivity contribution in [2.45, 2.75) is 71.6 Å². The first-order valence-corrected chi connectivity index (χ1v) is 10.1. The Morgan fingerprint density at radius 1 is 0.769 bits per heavy atom. The SMILES string of the molecule is CCCCCCOC(=O)C(Cc1ccccc1)C(=O)OCCCCCC. The van der Waals surface area contributed by atoms with E-state index in [4.69, 9.17) is 9.47 Å². The number of rotatable bonds is 14. The fourth-order valence-electron chi connectivity index (χ4n) is 2.72. The van der Waals surface area contributed by atoms with Crippen molar-refractivity contribution in [2.24, 2.45) is 5.92 Å². The van der Waals surface area contributed by atoms with Crippen LogP contribution in [0.3, 0.4) is 0 Å². The van der Waals surface area contributed by atoms with Crippen LogP contribution in [0.1, 0.15) is 70.8 Å². The zero-order valence-electron chi connectivity index (χ0n) is 16.4. The second-order valence-corrected chi connectivity index (χ2v) is 6.70. The summed E-state index contributed by atoms with van der Waals surface area (Å²) in [6.45, 7) is 5.01.